The highest BCUT2D eigenvalue weighted by molar-refractivity contribution is 7.89. The maximum atomic E-state index is 12.9. The molecule has 1 N–H and O–H groups in total. The van der Waals surface area contributed by atoms with E-state index < -0.39 is 20.0 Å². The number of nitrogens with one attached hydrogen (secondary N) is 1. The number of hydrogen-bond acceptors (Lipinski definition) is 7. The minimum absolute atomic E-state index is 0.126. The lowest BCUT2D eigenvalue weighted by atomic mass is 10.2. The van der Waals surface area contributed by atoms with Crippen LogP contribution in [0, 0.1) is 0 Å². The number of ether oxygens (including phenoxy) is 1. The van der Waals surface area contributed by atoms with Crippen molar-refractivity contribution in [3.8, 4) is 0 Å². The number of hydrogen-bond donors (Lipinski definition) is 1. The van der Waals surface area contributed by atoms with E-state index in [1.807, 2.05) is 12.1 Å². The number of fused-ring (bicyclic) bond motifs is 1. The van der Waals surface area contributed by atoms with Crippen molar-refractivity contribution in [1.29, 1.82) is 0 Å². The molecule has 9 nitrogen and oxygen atoms in total. The largest absolute Gasteiger partial charge is 0.381 e. The third-order valence-corrected chi connectivity index (χ3v) is 9.17. The summed E-state index contributed by atoms with van der Waals surface area (Å²) in [6.45, 7) is 2.55. The number of benzene rings is 2. The van der Waals surface area contributed by atoms with Crippen molar-refractivity contribution in [3.05, 3.63) is 59.8 Å². The average molecular weight is 539 g/mol. The van der Waals surface area contributed by atoms with Crippen LogP contribution < -0.4 is 5.32 Å². The monoisotopic (exact) mass is 538 g/mol. The van der Waals surface area contributed by atoms with Crippen molar-refractivity contribution in [3.63, 3.8) is 0 Å². The predicted octanol–water partition coefficient (Wildman–Crippen LogP) is 3.30. The summed E-state index contributed by atoms with van der Waals surface area (Å²) in [5.74, 6) is 0. The van der Waals surface area contributed by atoms with E-state index in [2.05, 4.69) is 10.3 Å². The van der Waals surface area contributed by atoms with E-state index in [0.29, 0.717) is 5.02 Å². The number of halogens is 1. The smallest absolute Gasteiger partial charge is 0.243 e. The summed E-state index contributed by atoms with van der Waals surface area (Å²) in [4.78, 5) is 4.48. The molecule has 0 spiro atoms. The van der Waals surface area contributed by atoms with Gasteiger partial charge in [-0.2, -0.15) is 8.61 Å². The molecule has 2 saturated heterocycles. The molecule has 2 fully saturated rings. The number of rotatable bonds is 5. The maximum absolute atomic E-state index is 12.9. The van der Waals surface area contributed by atoms with Gasteiger partial charge in [-0.3, -0.25) is 4.98 Å². The van der Waals surface area contributed by atoms with Crippen LogP contribution >= 0.6 is 11.6 Å². The third kappa shape index (κ3) is 6.29. The van der Waals surface area contributed by atoms with Gasteiger partial charge >= 0.3 is 0 Å². The van der Waals surface area contributed by atoms with Gasteiger partial charge < -0.3 is 10.1 Å². The Hall–Kier alpha value is -2.28. The molecular weight excluding hydrogens is 512 g/mol. The zero-order chi connectivity index (χ0) is 25.1. The zero-order valence-corrected chi connectivity index (χ0v) is 21.6. The van der Waals surface area contributed by atoms with Crippen molar-refractivity contribution >= 4 is 53.9 Å². The van der Waals surface area contributed by atoms with Gasteiger partial charge in [-0.15, -0.1) is 0 Å². The summed E-state index contributed by atoms with van der Waals surface area (Å²) >= 11 is 6.03. The molecule has 2 aliphatic heterocycles. The minimum atomic E-state index is -3.70. The molecule has 0 atom stereocenters. The Morgan fingerprint density at radius 1 is 0.914 bits per heavy atom. The van der Waals surface area contributed by atoms with Crippen molar-refractivity contribution in [1.82, 2.24) is 13.6 Å². The molecule has 5 rings (SSSR count). The normalized spacial score (nSPS) is 17.3. The topological polar surface area (TPSA) is 109 Å². The van der Waals surface area contributed by atoms with Crippen LogP contribution in [0.3, 0.4) is 0 Å². The number of anilines is 2. The van der Waals surface area contributed by atoms with Gasteiger partial charge in [0.15, 0.2) is 0 Å². The van der Waals surface area contributed by atoms with Crippen LogP contribution in [0.1, 0.15) is 6.42 Å². The average Bonchev–Trinajstić information content (AvgIpc) is 2.78. The Morgan fingerprint density at radius 3 is 2.09 bits per heavy atom. The van der Waals surface area contributed by atoms with Crippen molar-refractivity contribution in [2.24, 2.45) is 0 Å². The van der Waals surface area contributed by atoms with Crippen LogP contribution in [0.5, 0.6) is 0 Å². The van der Waals surface area contributed by atoms with Gasteiger partial charge in [0.2, 0.25) is 20.0 Å². The van der Waals surface area contributed by atoms with E-state index in [9.17, 15) is 16.8 Å². The Morgan fingerprint density at radius 2 is 1.51 bits per heavy atom. The molecule has 0 aliphatic carbocycles. The zero-order valence-electron chi connectivity index (χ0n) is 19.2. The van der Waals surface area contributed by atoms with Crippen LogP contribution in [0.25, 0.3) is 10.9 Å². The maximum Gasteiger partial charge on any atom is 0.243 e. The summed E-state index contributed by atoms with van der Waals surface area (Å²) in [5, 5.41) is 4.78. The number of nitrogens with zero attached hydrogens (tertiary/aromatic N) is 3. The fourth-order valence-corrected chi connectivity index (χ4v) is 6.05. The van der Waals surface area contributed by atoms with Crippen molar-refractivity contribution in [2.75, 3.05) is 51.0 Å². The quantitative estimate of drug-likeness (QED) is 0.531. The highest BCUT2D eigenvalue weighted by Gasteiger charge is 2.31. The summed E-state index contributed by atoms with van der Waals surface area (Å²) in [5.41, 5.74) is 2.31. The molecule has 0 bridgehead atoms. The van der Waals surface area contributed by atoms with E-state index in [-0.39, 0.29) is 31.1 Å². The van der Waals surface area contributed by atoms with E-state index in [1.165, 1.54) is 15.0 Å². The number of pyridine rings is 1. The highest BCUT2D eigenvalue weighted by atomic mass is 35.5. The molecule has 35 heavy (non-hydrogen) atoms. The molecular formula is C23H27ClN4O5S2. The molecule has 0 saturated carbocycles. The Kier molecular flexibility index (Phi) is 7.94. The second-order valence-corrected chi connectivity index (χ2v) is 12.6. The van der Waals surface area contributed by atoms with Gasteiger partial charge in [0.05, 0.1) is 16.7 Å². The van der Waals surface area contributed by atoms with E-state index in [1.54, 1.807) is 42.6 Å². The lowest BCUT2D eigenvalue weighted by molar-refractivity contribution is 0.0367. The first-order chi connectivity index (χ1) is 16.6. The second-order valence-electron chi connectivity index (χ2n) is 8.20. The molecule has 188 valence electrons. The van der Waals surface area contributed by atoms with Crippen molar-refractivity contribution < 1.29 is 21.6 Å². The van der Waals surface area contributed by atoms with Gasteiger partial charge in [0.1, 0.15) is 0 Å². The van der Waals surface area contributed by atoms with Crippen LogP contribution in [0.15, 0.2) is 59.6 Å². The van der Waals surface area contributed by atoms with Gasteiger partial charge in [-0.25, -0.2) is 16.8 Å². The predicted molar refractivity (Wildman–Crippen MR) is 137 cm³/mol. The standard InChI is InChI=1S/C20H21ClN4O4S2.C3H6O/c1-30(26,27)24-10-12-25(13-11-24)31(28,29)17-5-3-16(4-6-17)23-19-8-9-22-20-14-15(21)2-7-18(19)20;1-2-4-3-1/h2-9,14H,10-13H2,1H3,(H,22,23);1-3H2. The van der Waals surface area contributed by atoms with E-state index in [4.69, 9.17) is 16.3 Å². The fraction of sp³-hybridized carbons (Fsp3) is 0.348. The van der Waals surface area contributed by atoms with Crippen LogP contribution in [-0.2, 0) is 24.8 Å². The molecule has 1 aromatic heterocycles. The van der Waals surface area contributed by atoms with Gasteiger partial charge in [0, 0.05) is 67.4 Å². The van der Waals surface area contributed by atoms with Crippen LogP contribution in [0.2, 0.25) is 5.02 Å². The molecule has 3 aromatic rings. The summed E-state index contributed by atoms with van der Waals surface area (Å²) < 4.78 is 56.5. The van der Waals surface area contributed by atoms with Gasteiger partial charge in [-0.05, 0) is 55.0 Å². The molecule has 2 aliphatic rings. The molecule has 0 unspecified atom stereocenters. The molecule has 0 amide bonds. The molecule has 3 heterocycles. The Labute approximate surface area is 210 Å². The van der Waals surface area contributed by atoms with Crippen LogP contribution in [-0.4, -0.2) is 76.1 Å². The number of sulfonamides is 2. The molecule has 12 heteroatoms. The lowest BCUT2D eigenvalue weighted by Crippen LogP contribution is -2.50. The fourth-order valence-electron chi connectivity index (χ4n) is 3.63. The first kappa shape index (κ1) is 25.8. The number of aromatic nitrogens is 1. The summed E-state index contributed by atoms with van der Waals surface area (Å²) in [6.07, 6.45) is 4.08. The van der Waals surface area contributed by atoms with Gasteiger partial charge in [0.25, 0.3) is 0 Å². The van der Waals surface area contributed by atoms with Crippen LogP contribution in [0.4, 0.5) is 11.4 Å². The molecule has 0 radical (unpaired) electrons. The Balaban J connectivity index is 0.000000656. The van der Waals surface area contributed by atoms with E-state index >= 15 is 0 Å². The molecule has 2 aromatic carbocycles. The highest BCUT2D eigenvalue weighted by Crippen LogP contribution is 2.28. The SMILES string of the molecule is C1COC1.CS(=O)(=O)N1CCN(S(=O)(=O)c2ccc(Nc3ccnc4cc(Cl)ccc34)cc2)CC1. The lowest BCUT2D eigenvalue weighted by Gasteiger charge is -2.32. The van der Waals surface area contributed by atoms with E-state index in [0.717, 1.165) is 41.7 Å². The minimum Gasteiger partial charge on any atom is -0.381 e. The second kappa shape index (κ2) is 10.8. The number of piperazine rings is 1. The first-order valence-corrected chi connectivity index (χ1v) is 14.8. The first-order valence-electron chi connectivity index (χ1n) is 11.1. The van der Waals surface area contributed by atoms with Crippen molar-refractivity contribution in [2.45, 2.75) is 11.3 Å². The Bertz CT molecular complexity index is 1380. The third-order valence-electron chi connectivity index (χ3n) is 5.72. The summed E-state index contributed by atoms with van der Waals surface area (Å²) in [6, 6.07) is 13.8. The summed E-state index contributed by atoms with van der Waals surface area (Å²) in [7, 11) is -7.02. The van der Waals surface area contributed by atoms with Gasteiger partial charge in [-0.1, -0.05) is 11.6 Å².